The number of carboxylic acid groups (broad SMARTS) is 5. The molecule has 21 N–H and O–H groups in total. The van der Waals surface area contributed by atoms with E-state index in [2.05, 4.69) is 35.8 Å². The topological polar surface area (TPSA) is 653 Å². The van der Waals surface area contributed by atoms with Gasteiger partial charge in [-0.3, -0.25) is 46.8 Å². The minimum absolute atomic E-state index is 0.0289. The highest BCUT2D eigenvalue weighted by Gasteiger charge is 2.10. The number of ether oxygens (including phenoxy) is 1. The standard InChI is InChI=1S/C16H32O3.C6H15NO5S.C5H11NO4S.C5H10O2.C4H10O3S.C2H7NO3S.C2H4O3.C2H4O2S.C2H4O2.CH5NO3S.CH5N/c1-2-3-4-5-6-7-8-9-10-11-12-13-14-15-19-16(17)18;8-4-1-7(2-5-9)3-6-13(10,11)12;6-5(7)3-1-2-4-11(8,9)10;1-2-3-4-5(6)7;1-2-3-4-8(5,6)7;3-1-2-7(4,5)6;3-1-2(4)5;3-2(4)1-5;1-2(3)4;2-1-6(3,4)5;1-2/h2-15H2,1H3,(H,17,18);8-9H,1-6H2,(H,10,11,12);1-4H2,(H2,6,7)(H,8,9,10);2-4H2,1H3,(H,6,7);2-4H2,1H3,(H,5,6,7);1-3H2,(H,4,5,6);3H,1H2,(H,4,5);5H,1H2,(H,3,4);1H3,(H,3,4);1-2H2,(H,3,4,5);2H2,1H3. The number of hydrogen-bond donors (Lipinski definition) is 18. The highest BCUT2D eigenvalue weighted by molar-refractivity contribution is 7.86. The minimum Gasteiger partial charge on any atom is -0.481 e. The zero-order valence-corrected chi connectivity index (χ0v) is 55.7. The second-order valence-electron chi connectivity index (χ2n) is 16.7. The lowest BCUT2D eigenvalue weighted by Crippen LogP contribution is -2.34. The number of carbonyl (C=O) groups excluding carboxylic acids is 1. The van der Waals surface area contributed by atoms with Crippen LogP contribution in [0.15, 0.2) is 0 Å². The van der Waals surface area contributed by atoms with Crippen molar-refractivity contribution < 1.29 is 139 Å². The van der Waals surface area contributed by atoms with Crippen molar-refractivity contribution in [3.63, 3.8) is 0 Å². The zero-order chi connectivity index (χ0) is 71.0. The highest BCUT2D eigenvalue weighted by Crippen LogP contribution is 2.12. The first kappa shape index (κ1) is 108. The van der Waals surface area contributed by atoms with Crippen LogP contribution in [-0.2, 0) is 79.3 Å². The Morgan fingerprint density at radius 3 is 0.954 bits per heavy atom. The summed E-state index contributed by atoms with van der Waals surface area (Å²) in [6.45, 7) is 7.21. The lowest BCUT2D eigenvalue weighted by atomic mass is 10.0. The largest absolute Gasteiger partial charge is 0.505 e. The van der Waals surface area contributed by atoms with Crippen LogP contribution in [0, 0.1) is 0 Å². The number of unbranched alkanes of at least 4 members (excludes halogenated alkanes) is 15. The van der Waals surface area contributed by atoms with Gasteiger partial charge in [0.1, 0.15) is 12.5 Å². The fourth-order valence-corrected chi connectivity index (χ4v) is 6.54. The number of nitrogens with zero attached hydrogens (tertiary/aromatic N) is 1. The quantitative estimate of drug-likeness (QED) is 0.0182. The van der Waals surface area contributed by atoms with Crippen molar-refractivity contribution in [2.24, 2.45) is 22.9 Å². The van der Waals surface area contributed by atoms with E-state index in [-0.39, 0.29) is 81.0 Å². The van der Waals surface area contributed by atoms with E-state index >= 15 is 0 Å². The molecule has 0 aliphatic carbocycles. The number of amides is 1. The first-order valence-electron chi connectivity index (χ1n) is 26.8. The summed E-state index contributed by atoms with van der Waals surface area (Å²) in [6, 6.07) is 0. The van der Waals surface area contributed by atoms with Crippen LogP contribution in [0.2, 0.25) is 0 Å². The number of carboxylic acids is 4. The fraction of sp³-hybridized carbons (Fsp3) is 0.870. The van der Waals surface area contributed by atoms with Gasteiger partial charge in [-0.15, -0.1) is 0 Å². The molecule has 1 amide bonds. The maximum atomic E-state index is 10.3. The van der Waals surface area contributed by atoms with Crippen molar-refractivity contribution >= 4 is 99.2 Å². The van der Waals surface area contributed by atoms with Crippen LogP contribution in [-0.4, -0.2) is 241 Å². The normalized spacial score (nSPS) is 10.3. The Hall–Kier alpha value is -3.76. The first-order chi connectivity index (χ1) is 39.9. The summed E-state index contributed by atoms with van der Waals surface area (Å²) in [5, 5.41) is 63.5. The van der Waals surface area contributed by atoms with Gasteiger partial charge in [-0.25, -0.2) is 9.59 Å². The van der Waals surface area contributed by atoms with E-state index < -0.39 is 99.0 Å². The van der Waals surface area contributed by atoms with Crippen LogP contribution >= 0.6 is 12.6 Å². The zero-order valence-electron chi connectivity index (χ0n) is 50.7. The summed E-state index contributed by atoms with van der Waals surface area (Å²) in [5.41, 5.74) is 18.5. The lowest BCUT2D eigenvalue weighted by Gasteiger charge is -2.18. The first-order valence-corrected chi connectivity index (χ1v) is 35.5. The maximum Gasteiger partial charge on any atom is 0.505 e. The molecule has 0 aromatic carbocycles. The van der Waals surface area contributed by atoms with Crippen LogP contribution < -0.4 is 22.9 Å². The number of nitrogens with two attached hydrogens (primary N) is 4. The highest BCUT2D eigenvalue weighted by atomic mass is 32.2. The number of thiol groups is 1. The number of aliphatic hydroxyl groups is 3. The van der Waals surface area contributed by atoms with Gasteiger partial charge < -0.3 is 68.5 Å². The molecule has 0 atom stereocenters. The van der Waals surface area contributed by atoms with Crippen molar-refractivity contribution in [1.29, 1.82) is 0 Å². The fourth-order valence-electron chi connectivity index (χ4n) is 4.53. The molecule has 0 spiro atoms. The van der Waals surface area contributed by atoms with Gasteiger partial charge in [-0.05, 0) is 39.2 Å². The van der Waals surface area contributed by atoms with Gasteiger partial charge in [0, 0.05) is 45.9 Å². The molecule has 0 rings (SSSR count). The Morgan fingerprint density at radius 2 is 0.759 bits per heavy atom. The molecule has 0 bridgehead atoms. The van der Waals surface area contributed by atoms with Crippen molar-refractivity contribution in [2.45, 2.75) is 163 Å². The molecule has 0 heterocycles. The third-order valence-corrected chi connectivity index (χ3v) is 12.2. The summed E-state index contributed by atoms with van der Waals surface area (Å²) in [4.78, 5) is 58.9. The van der Waals surface area contributed by atoms with Crippen molar-refractivity contribution in [3.05, 3.63) is 0 Å². The molecule has 0 saturated heterocycles. The number of rotatable bonds is 37. The summed E-state index contributed by atoms with van der Waals surface area (Å²) in [7, 11) is -17.7. The van der Waals surface area contributed by atoms with E-state index in [9.17, 15) is 61.3 Å². The van der Waals surface area contributed by atoms with E-state index in [1.165, 1.54) is 77.7 Å². The van der Waals surface area contributed by atoms with Gasteiger partial charge in [0.15, 0.2) is 0 Å². The minimum atomic E-state index is -3.96. The van der Waals surface area contributed by atoms with E-state index in [0.717, 1.165) is 39.0 Å². The second-order valence-corrected chi connectivity index (χ2v) is 24.8. The van der Waals surface area contributed by atoms with Gasteiger partial charge in [0.2, 0.25) is 5.91 Å². The van der Waals surface area contributed by atoms with Gasteiger partial charge in [-0.1, -0.05) is 111 Å². The Labute approximate surface area is 520 Å². The molecule has 35 nitrogen and oxygen atoms in total. The van der Waals surface area contributed by atoms with E-state index in [4.69, 9.17) is 84.7 Å². The van der Waals surface area contributed by atoms with Crippen molar-refractivity contribution in [2.75, 3.05) is 94.3 Å². The number of primary amides is 1. The molecule has 0 aliphatic heterocycles. The Balaban J connectivity index is -0.0000000848. The van der Waals surface area contributed by atoms with E-state index in [1.54, 1.807) is 4.90 Å². The van der Waals surface area contributed by atoms with Crippen molar-refractivity contribution in [3.8, 4) is 0 Å². The maximum absolute atomic E-state index is 10.3. The number of hydrogen-bond acceptors (Lipinski definition) is 25. The summed E-state index contributed by atoms with van der Waals surface area (Å²) >= 11 is 3.42. The Kier molecular flexibility index (Phi) is 97.1. The van der Waals surface area contributed by atoms with Gasteiger partial charge in [0.05, 0.1) is 48.6 Å². The summed E-state index contributed by atoms with van der Waals surface area (Å²) < 4.78 is 144. The van der Waals surface area contributed by atoms with Crippen molar-refractivity contribution in [1.82, 2.24) is 4.90 Å². The Bertz CT molecular complexity index is 2120. The third kappa shape index (κ3) is 194. The average Bonchev–Trinajstić information content (AvgIpc) is 3.39. The predicted molar refractivity (Wildman–Crippen MR) is 330 cm³/mol. The molecular formula is C46H107N5O30S6. The molecule has 87 heavy (non-hydrogen) atoms. The lowest BCUT2D eigenvalue weighted by molar-refractivity contribution is -0.140. The van der Waals surface area contributed by atoms with E-state index in [1.807, 2.05) is 13.8 Å². The van der Waals surface area contributed by atoms with Crippen LogP contribution in [0.3, 0.4) is 0 Å². The second kappa shape index (κ2) is 78.3. The summed E-state index contributed by atoms with van der Waals surface area (Å²) in [5.74, 6) is -5.99. The molecule has 0 radical (unpaired) electrons. The number of aliphatic carboxylic acids is 4. The van der Waals surface area contributed by atoms with Crippen LogP contribution in [0.25, 0.3) is 0 Å². The number of aliphatic hydroxyl groups excluding tert-OH is 3. The molecule has 0 saturated carbocycles. The Morgan fingerprint density at radius 1 is 0.448 bits per heavy atom. The molecule has 0 unspecified atom stereocenters. The van der Waals surface area contributed by atoms with Gasteiger partial charge >= 0.3 is 24.1 Å². The molecule has 0 fully saturated rings. The monoisotopic (exact) mass is 1400 g/mol. The van der Waals surface area contributed by atoms with Crippen LogP contribution in [0.5, 0.6) is 0 Å². The molecule has 0 aromatic rings. The average molecular weight is 1400 g/mol. The third-order valence-electron chi connectivity index (χ3n) is 8.40. The molecule has 41 heteroatoms. The molecule has 532 valence electrons. The van der Waals surface area contributed by atoms with Gasteiger partial charge in [0.25, 0.3) is 56.6 Å². The van der Waals surface area contributed by atoms with Gasteiger partial charge in [-0.2, -0.15) is 54.7 Å². The van der Waals surface area contributed by atoms with Crippen LogP contribution in [0.1, 0.15) is 163 Å². The van der Waals surface area contributed by atoms with Crippen LogP contribution in [0.4, 0.5) is 4.79 Å². The molecule has 0 aromatic heterocycles. The number of carbonyl (C=O) groups is 6. The smallest absolute Gasteiger partial charge is 0.481 e. The summed E-state index contributed by atoms with van der Waals surface area (Å²) in [6.07, 6.45) is 20.0. The SMILES string of the molecule is CC(=O)O.CCCCC(=O)O.CCCCCCCCCCCCCCCOC(=O)O.CCCCS(=O)(=O)O.CN.NC(=O)CCCCS(=O)(=O)O.NCCS(=O)(=O)O.NCS(=O)(=O)O.O=C(O)CO.O=C(O)CS.O=S(=O)(O)CCN(CCO)CCO. The predicted octanol–water partition coefficient (Wildman–Crippen LogP) is 1.75. The molecular weight excluding hydrogens is 1290 g/mol. The molecule has 0 aliphatic rings. The van der Waals surface area contributed by atoms with E-state index in [0.29, 0.717) is 25.9 Å².